The first-order valence-corrected chi connectivity index (χ1v) is 9.76. The molecule has 0 aliphatic carbocycles. The Morgan fingerprint density at radius 1 is 1.21 bits per heavy atom. The van der Waals surface area contributed by atoms with Crippen molar-refractivity contribution < 1.29 is 18.7 Å². The maximum Gasteiger partial charge on any atom is 0.306 e. The van der Waals surface area contributed by atoms with Crippen molar-refractivity contribution in [2.24, 2.45) is 7.05 Å². The topological polar surface area (TPSA) is 66.2 Å². The molecule has 3 rings (SSSR count). The van der Waals surface area contributed by atoms with Crippen molar-refractivity contribution in [1.29, 1.82) is 0 Å². The van der Waals surface area contributed by atoms with E-state index in [4.69, 9.17) is 9.47 Å². The Morgan fingerprint density at radius 2 is 1.96 bits per heavy atom. The van der Waals surface area contributed by atoms with E-state index in [9.17, 15) is 9.18 Å². The lowest BCUT2D eigenvalue weighted by Gasteiger charge is -2.04. The van der Waals surface area contributed by atoms with E-state index < -0.39 is 0 Å². The van der Waals surface area contributed by atoms with Crippen LogP contribution in [0.5, 0.6) is 5.75 Å². The molecule has 28 heavy (non-hydrogen) atoms. The standard InChI is InChI=1S/C20H22FN3O3S/c1-13-18(14(2)24(3)23-13)8-9-20(25)27-10-16-12-28-19(22-16)11-26-17-6-4-15(21)5-7-17/h4-7,12H,8-11H2,1-3H3. The second-order valence-corrected chi connectivity index (χ2v) is 7.35. The summed E-state index contributed by atoms with van der Waals surface area (Å²) in [6.45, 7) is 4.35. The van der Waals surface area contributed by atoms with E-state index in [0.717, 1.165) is 22.0 Å². The fraction of sp³-hybridized carbons (Fsp3) is 0.350. The van der Waals surface area contributed by atoms with Gasteiger partial charge >= 0.3 is 5.97 Å². The van der Waals surface area contributed by atoms with Crippen LogP contribution in [0.2, 0.25) is 0 Å². The van der Waals surface area contributed by atoms with E-state index in [-0.39, 0.29) is 25.0 Å². The van der Waals surface area contributed by atoms with Gasteiger partial charge in [-0.15, -0.1) is 11.3 Å². The SMILES string of the molecule is Cc1nn(C)c(C)c1CCC(=O)OCc1csc(COc2ccc(F)cc2)n1. The highest BCUT2D eigenvalue weighted by molar-refractivity contribution is 7.09. The minimum atomic E-state index is -0.306. The number of esters is 1. The van der Waals surface area contributed by atoms with E-state index in [1.165, 1.54) is 23.5 Å². The molecule has 0 amide bonds. The minimum absolute atomic E-state index is 0.136. The first-order valence-electron chi connectivity index (χ1n) is 8.88. The van der Waals surface area contributed by atoms with Gasteiger partial charge in [-0.05, 0) is 50.1 Å². The van der Waals surface area contributed by atoms with Crippen molar-refractivity contribution in [2.45, 2.75) is 39.9 Å². The van der Waals surface area contributed by atoms with Crippen molar-refractivity contribution in [3.8, 4) is 5.75 Å². The Hall–Kier alpha value is -2.74. The molecule has 0 radical (unpaired) electrons. The van der Waals surface area contributed by atoms with Gasteiger partial charge in [0.25, 0.3) is 0 Å². The van der Waals surface area contributed by atoms with E-state index in [1.54, 1.807) is 12.1 Å². The molecule has 0 unspecified atom stereocenters. The summed E-state index contributed by atoms with van der Waals surface area (Å²) < 4.78 is 25.6. The van der Waals surface area contributed by atoms with Crippen molar-refractivity contribution in [3.05, 3.63) is 63.1 Å². The number of halogens is 1. The highest BCUT2D eigenvalue weighted by Gasteiger charge is 2.13. The van der Waals surface area contributed by atoms with Crippen LogP contribution in [0.25, 0.3) is 0 Å². The predicted molar refractivity (Wildman–Crippen MR) is 104 cm³/mol. The van der Waals surface area contributed by atoms with Gasteiger partial charge in [-0.2, -0.15) is 5.10 Å². The lowest BCUT2D eigenvalue weighted by Crippen LogP contribution is -2.07. The van der Waals surface area contributed by atoms with Gasteiger partial charge in [-0.3, -0.25) is 9.48 Å². The molecule has 0 atom stereocenters. The third kappa shape index (κ3) is 5.16. The average Bonchev–Trinajstić information content (AvgIpc) is 3.22. The summed E-state index contributed by atoms with van der Waals surface area (Å²) in [5.74, 6) is 0.00452. The van der Waals surface area contributed by atoms with Gasteiger partial charge in [0.2, 0.25) is 0 Å². The molecule has 2 aromatic heterocycles. The third-order valence-corrected chi connectivity index (χ3v) is 5.27. The largest absolute Gasteiger partial charge is 0.486 e. The molecular weight excluding hydrogens is 381 g/mol. The van der Waals surface area contributed by atoms with Crippen LogP contribution in [-0.2, 0) is 36.2 Å². The van der Waals surface area contributed by atoms with Gasteiger partial charge in [0.15, 0.2) is 0 Å². The Labute approximate surface area is 166 Å². The fourth-order valence-corrected chi connectivity index (χ4v) is 3.48. The predicted octanol–water partition coefficient (Wildman–Crippen LogP) is 3.89. The van der Waals surface area contributed by atoms with Crippen LogP contribution in [-0.4, -0.2) is 20.7 Å². The third-order valence-electron chi connectivity index (χ3n) is 4.39. The molecule has 6 nitrogen and oxygen atoms in total. The van der Waals surface area contributed by atoms with Gasteiger partial charge in [-0.1, -0.05) is 0 Å². The van der Waals surface area contributed by atoms with Gasteiger partial charge in [0, 0.05) is 24.5 Å². The monoisotopic (exact) mass is 403 g/mol. The molecule has 148 valence electrons. The van der Waals surface area contributed by atoms with Crippen LogP contribution in [0.1, 0.15) is 34.1 Å². The quantitative estimate of drug-likeness (QED) is 0.534. The van der Waals surface area contributed by atoms with Crippen LogP contribution < -0.4 is 4.74 Å². The van der Waals surface area contributed by atoms with Crippen LogP contribution in [0.15, 0.2) is 29.6 Å². The molecule has 0 aliphatic heterocycles. The van der Waals surface area contributed by atoms with E-state index >= 15 is 0 Å². The number of carbonyl (C=O) groups is 1. The molecule has 0 bridgehead atoms. The van der Waals surface area contributed by atoms with Crippen molar-refractivity contribution >= 4 is 17.3 Å². The number of aryl methyl sites for hydroxylation is 2. The Morgan fingerprint density at radius 3 is 2.64 bits per heavy atom. The molecule has 8 heteroatoms. The van der Waals surface area contributed by atoms with Crippen LogP contribution in [0, 0.1) is 19.7 Å². The highest BCUT2D eigenvalue weighted by atomic mass is 32.1. The normalized spacial score (nSPS) is 10.9. The molecule has 3 aromatic rings. The van der Waals surface area contributed by atoms with Crippen molar-refractivity contribution in [1.82, 2.24) is 14.8 Å². The Kier molecular flexibility index (Phi) is 6.41. The lowest BCUT2D eigenvalue weighted by atomic mass is 10.1. The Bertz CT molecular complexity index is 950. The number of aromatic nitrogens is 3. The molecule has 0 saturated heterocycles. The summed E-state index contributed by atoms with van der Waals surface area (Å²) in [5, 5.41) is 6.95. The number of nitrogens with zero attached hydrogens (tertiary/aromatic N) is 3. The smallest absolute Gasteiger partial charge is 0.306 e. The summed E-state index contributed by atoms with van der Waals surface area (Å²) in [4.78, 5) is 16.4. The fourth-order valence-electron chi connectivity index (χ4n) is 2.79. The molecular formula is C20H22FN3O3S. The van der Waals surface area contributed by atoms with E-state index in [1.807, 2.05) is 31.0 Å². The second kappa shape index (κ2) is 8.97. The molecule has 2 heterocycles. The molecule has 0 N–H and O–H groups in total. The van der Waals surface area contributed by atoms with Gasteiger partial charge in [0.1, 0.15) is 29.8 Å². The Balaban J connectivity index is 1.43. The zero-order valence-corrected chi connectivity index (χ0v) is 16.9. The van der Waals surface area contributed by atoms with Crippen molar-refractivity contribution in [2.75, 3.05) is 0 Å². The first kappa shape index (κ1) is 20.0. The summed E-state index contributed by atoms with van der Waals surface area (Å²) in [5.41, 5.74) is 3.78. The molecule has 1 aromatic carbocycles. The van der Waals surface area contributed by atoms with Gasteiger partial charge in [-0.25, -0.2) is 9.37 Å². The molecule has 0 saturated carbocycles. The number of ether oxygens (including phenoxy) is 2. The summed E-state index contributed by atoms with van der Waals surface area (Å²) >= 11 is 1.43. The van der Waals surface area contributed by atoms with E-state index in [2.05, 4.69) is 10.1 Å². The number of carbonyl (C=O) groups excluding carboxylic acids is 1. The summed E-state index contributed by atoms with van der Waals surface area (Å²) in [7, 11) is 1.89. The number of hydrogen-bond donors (Lipinski definition) is 0. The highest BCUT2D eigenvalue weighted by Crippen LogP contribution is 2.17. The maximum atomic E-state index is 12.9. The molecule has 0 spiro atoms. The van der Waals surface area contributed by atoms with Crippen LogP contribution in [0.3, 0.4) is 0 Å². The second-order valence-electron chi connectivity index (χ2n) is 6.41. The number of rotatable bonds is 8. The summed E-state index contributed by atoms with van der Waals surface area (Å²) in [6, 6.07) is 5.82. The lowest BCUT2D eigenvalue weighted by molar-refractivity contribution is -0.145. The van der Waals surface area contributed by atoms with Gasteiger partial charge < -0.3 is 9.47 Å². The number of thiazole rings is 1. The minimum Gasteiger partial charge on any atom is -0.486 e. The number of hydrogen-bond acceptors (Lipinski definition) is 6. The molecule has 0 aliphatic rings. The zero-order valence-electron chi connectivity index (χ0n) is 16.1. The zero-order chi connectivity index (χ0) is 20.1. The van der Waals surface area contributed by atoms with Crippen molar-refractivity contribution in [3.63, 3.8) is 0 Å². The van der Waals surface area contributed by atoms with Gasteiger partial charge in [0.05, 0.1) is 11.4 Å². The summed E-state index contributed by atoms with van der Waals surface area (Å²) in [6.07, 6.45) is 0.913. The molecule has 0 fully saturated rings. The van der Waals surface area contributed by atoms with Crippen LogP contribution >= 0.6 is 11.3 Å². The van der Waals surface area contributed by atoms with Crippen LogP contribution in [0.4, 0.5) is 4.39 Å². The first-order chi connectivity index (χ1) is 13.4. The van der Waals surface area contributed by atoms with E-state index in [0.29, 0.717) is 24.3 Å². The average molecular weight is 403 g/mol. The number of benzene rings is 1. The maximum absolute atomic E-state index is 12.9.